The van der Waals surface area contributed by atoms with Crippen LogP contribution in [0.5, 0.6) is 0 Å². The van der Waals surface area contributed by atoms with E-state index in [9.17, 15) is 4.21 Å². The van der Waals surface area contributed by atoms with Crippen LogP contribution in [0.3, 0.4) is 0 Å². The highest BCUT2D eigenvalue weighted by Gasteiger charge is 2.18. The van der Waals surface area contributed by atoms with Gasteiger partial charge in [-0.1, -0.05) is 57.0 Å². The molecule has 0 aliphatic heterocycles. The van der Waals surface area contributed by atoms with Crippen LogP contribution in [0.1, 0.15) is 39.2 Å². The predicted octanol–water partition coefficient (Wildman–Crippen LogP) is 4.00. The highest BCUT2D eigenvalue weighted by atomic mass is 35.5. The van der Waals surface area contributed by atoms with Gasteiger partial charge in [-0.15, -0.1) is 0 Å². The van der Waals surface area contributed by atoms with Crippen LogP contribution in [0, 0.1) is 5.92 Å². The molecule has 0 aromatic heterocycles. The van der Waals surface area contributed by atoms with E-state index in [0.29, 0.717) is 28.5 Å². The first-order chi connectivity index (χ1) is 9.58. The summed E-state index contributed by atoms with van der Waals surface area (Å²) in [6, 6.07) is 7.98. The van der Waals surface area contributed by atoms with Crippen LogP contribution >= 0.6 is 11.6 Å². The lowest BCUT2D eigenvalue weighted by atomic mass is 10.0. The minimum absolute atomic E-state index is 0.322. The Morgan fingerprint density at radius 3 is 2.60 bits per heavy atom. The molecule has 0 heterocycles. The second-order valence-corrected chi connectivity index (χ2v) is 7.20. The smallest absolute Gasteiger partial charge is 0.0501 e. The number of halogens is 1. The number of nitrogens with one attached hydrogen (secondary N) is 1. The Balaban J connectivity index is 2.59. The zero-order chi connectivity index (χ0) is 15.0. The maximum atomic E-state index is 12.4. The maximum absolute atomic E-state index is 12.4. The third-order valence-electron chi connectivity index (χ3n) is 3.63. The molecule has 0 aliphatic rings. The zero-order valence-electron chi connectivity index (χ0n) is 12.7. The summed E-state index contributed by atoms with van der Waals surface area (Å²) in [4.78, 5) is 0. The summed E-state index contributed by atoms with van der Waals surface area (Å²) in [6.07, 6.45) is 2.20. The van der Waals surface area contributed by atoms with Crippen LogP contribution in [-0.4, -0.2) is 22.5 Å². The largest absolute Gasteiger partial charge is 0.313 e. The molecular formula is C16H26ClNOS. The summed E-state index contributed by atoms with van der Waals surface area (Å²) in [6.45, 7) is 7.54. The first-order valence-corrected chi connectivity index (χ1v) is 9.26. The van der Waals surface area contributed by atoms with E-state index in [1.807, 2.05) is 24.3 Å². The number of rotatable bonds is 9. The Morgan fingerprint density at radius 2 is 2.00 bits per heavy atom. The van der Waals surface area contributed by atoms with Gasteiger partial charge in [0.25, 0.3) is 0 Å². The molecule has 114 valence electrons. The fraction of sp³-hybridized carbons (Fsp3) is 0.625. The number of benzene rings is 1. The van der Waals surface area contributed by atoms with Gasteiger partial charge in [-0.25, -0.2) is 0 Å². The van der Waals surface area contributed by atoms with E-state index in [4.69, 9.17) is 11.6 Å². The van der Waals surface area contributed by atoms with Crippen LogP contribution < -0.4 is 5.32 Å². The van der Waals surface area contributed by atoms with Crippen molar-refractivity contribution < 1.29 is 4.21 Å². The molecule has 3 unspecified atom stereocenters. The Morgan fingerprint density at radius 1 is 1.30 bits per heavy atom. The third kappa shape index (κ3) is 5.94. The summed E-state index contributed by atoms with van der Waals surface area (Å²) in [7, 11) is -0.884. The first-order valence-electron chi connectivity index (χ1n) is 7.40. The standard InChI is InChI=1S/C16H26ClNOS/c1-4-10-18-16(13(3)5-2)12-20(19)11-14-8-6-7-9-15(14)17/h6-9,13,16,18H,4-5,10-12H2,1-3H3. The quantitative estimate of drug-likeness (QED) is 0.746. The van der Waals surface area contributed by atoms with Crippen molar-refractivity contribution in [1.82, 2.24) is 5.32 Å². The Kier molecular flexibility index (Phi) is 8.43. The molecule has 20 heavy (non-hydrogen) atoms. The molecule has 1 rings (SSSR count). The van der Waals surface area contributed by atoms with E-state index in [1.165, 1.54) is 0 Å². The minimum atomic E-state index is -0.884. The fourth-order valence-corrected chi connectivity index (χ4v) is 3.93. The van der Waals surface area contributed by atoms with Crippen molar-refractivity contribution in [1.29, 1.82) is 0 Å². The predicted molar refractivity (Wildman–Crippen MR) is 89.7 cm³/mol. The molecule has 1 aromatic rings. The highest BCUT2D eigenvalue weighted by Crippen LogP contribution is 2.18. The van der Waals surface area contributed by atoms with E-state index < -0.39 is 10.8 Å². The third-order valence-corrected chi connectivity index (χ3v) is 5.36. The molecule has 0 aliphatic carbocycles. The van der Waals surface area contributed by atoms with Gasteiger partial charge < -0.3 is 5.32 Å². The van der Waals surface area contributed by atoms with Crippen molar-refractivity contribution in [3.05, 3.63) is 34.9 Å². The lowest BCUT2D eigenvalue weighted by molar-refractivity contribution is 0.394. The van der Waals surface area contributed by atoms with Gasteiger partial charge in [0.1, 0.15) is 0 Å². The van der Waals surface area contributed by atoms with E-state index in [-0.39, 0.29) is 0 Å². The summed E-state index contributed by atoms with van der Waals surface area (Å²) < 4.78 is 12.4. The van der Waals surface area contributed by atoms with Crippen LogP contribution in [0.25, 0.3) is 0 Å². The van der Waals surface area contributed by atoms with Gasteiger partial charge in [-0.3, -0.25) is 4.21 Å². The van der Waals surface area contributed by atoms with E-state index in [2.05, 4.69) is 26.1 Å². The van der Waals surface area contributed by atoms with Crippen LogP contribution in [0.15, 0.2) is 24.3 Å². The molecule has 4 heteroatoms. The SMILES string of the molecule is CCCNC(CS(=O)Cc1ccccc1Cl)C(C)CC. The van der Waals surface area contributed by atoms with Gasteiger partial charge in [0.15, 0.2) is 0 Å². The summed E-state index contributed by atoms with van der Waals surface area (Å²) in [5.41, 5.74) is 0.978. The molecule has 2 nitrogen and oxygen atoms in total. The average molecular weight is 316 g/mol. The van der Waals surface area contributed by atoms with Crippen LogP contribution in [0.4, 0.5) is 0 Å². The summed E-state index contributed by atoms with van der Waals surface area (Å²) >= 11 is 6.13. The summed E-state index contributed by atoms with van der Waals surface area (Å²) in [5.74, 6) is 1.78. The van der Waals surface area contributed by atoms with Crippen molar-refractivity contribution in [2.24, 2.45) is 5.92 Å². The molecule has 0 amide bonds. The molecule has 0 spiro atoms. The monoisotopic (exact) mass is 315 g/mol. The van der Waals surface area contributed by atoms with Crippen molar-refractivity contribution >= 4 is 22.4 Å². The molecule has 1 aromatic carbocycles. The number of hydrogen-bond acceptors (Lipinski definition) is 2. The van der Waals surface area contributed by atoms with Crippen molar-refractivity contribution in [2.45, 2.75) is 45.4 Å². The topological polar surface area (TPSA) is 29.1 Å². The van der Waals surface area contributed by atoms with Crippen molar-refractivity contribution in [3.8, 4) is 0 Å². The zero-order valence-corrected chi connectivity index (χ0v) is 14.3. The summed E-state index contributed by atoms with van der Waals surface area (Å²) in [5, 5.41) is 4.24. The lowest BCUT2D eigenvalue weighted by Gasteiger charge is -2.24. The van der Waals surface area contributed by atoms with E-state index >= 15 is 0 Å². The van der Waals surface area contributed by atoms with Gasteiger partial charge in [-0.05, 0) is 30.5 Å². The fourth-order valence-electron chi connectivity index (χ4n) is 2.09. The average Bonchev–Trinajstić information content (AvgIpc) is 2.45. The maximum Gasteiger partial charge on any atom is 0.0501 e. The van der Waals surface area contributed by atoms with Gasteiger partial charge in [0.05, 0.1) is 5.75 Å². The van der Waals surface area contributed by atoms with Gasteiger partial charge in [-0.2, -0.15) is 0 Å². The molecule has 1 N–H and O–H groups in total. The molecule has 0 radical (unpaired) electrons. The molecule has 3 atom stereocenters. The molecule has 0 fully saturated rings. The van der Waals surface area contributed by atoms with Crippen molar-refractivity contribution in [2.75, 3.05) is 12.3 Å². The highest BCUT2D eigenvalue weighted by molar-refractivity contribution is 7.84. The first kappa shape index (κ1) is 17.7. The molecule has 0 saturated carbocycles. The Labute approximate surface area is 130 Å². The number of hydrogen-bond donors (Lipinski definition) is 1. The molecule has 0 bridgehead atoms. The van der Waals surface area contributed by atoms with Gasteiger partial charge in [0, 0.05) is 27.6 Å². The Hall–Kier alpha value is -0.380. The normalized spacial score (nSPS) is 15.8. The van der Waals surface area contributed by atoms with Crippen LogP contribution in [-0.2, 0) is 16.6 Å². The molecule has 0 saturated heterocycles. The van der Waals surface area contributed by atoms with E-state index in [1.54, 1.807) is 0 Å². The molecular weight excluding hydrogens is 290 g/mol. The van der Waals surface area contributed by atoms with E-state index in [0.717, 1.165) is 24.9 Å². The minimum Gasteiger partial charge on any atom is -0.313 e. The van der Waals surface area contributed by atoms with Crippen LogP contribution in [0.2, 0.25) is 5.02 Å². The van der Waals surface area contributed by atoms with Gasteiger partial charge >= 0.3 is 0 Å². The second-order valence-electron chi connectivity index (χ2n) is 5.29. The van der Waals surface area contributed by atoms with Gasteiger partial charge in [0.2, 0.25) is 0 Å². The lowest BCUT2D eigenvalue weighted by Crippen LogP contribution is -2.40. The van der Waals surface area contributed by atoms with Crippen molar-refractivity contribution in [3.63, 3.8) is 0 Å². The second kappa shape index (κ2) is 9.54. The Bertz CT molecular complexity index is 425.